The molecule has 1 nitrogen and oxygen atoms in total. The van der Waals surface area contributed by atoms with Crippen LogP contribution in [0.1, 0.15) is 61.4 Å². The summed E-state index contributed by atoms with van der Waals surface area (Å²) in [7, 11) is 0. The smallest absolute Gasteiger partial charge is 0.193 e. The van der Waals surface area contributed by atoms with Gasteiger partial charge < -0.3 is 0 Å². The average molecular weight is 361 g/mol. The minimum Gasteiger partial charge on any atom is -0.289 e. The molecule has 0 fully saturated rings. The molecule has 0 atom stereocenters. The van der Waals surface area contributed by atoms with E-state index in [1.807, 2.05) is 36.0 Å². The lowest BCUT2D eigenvalue weighted by Crippen LogP contribution is -2.00. The summed E-state index contributed by atoms with van der Waals surface area (Å²) in [4.78, 5) is 13.6. The topological polar surface area (TPSA) is 17.1 Å². The molecule has 0 aromatic heterocycles. The van der Waals surface area contributed by atoms with E-state index in [9.17, 15) is 4.79 Å². The molecule has 0 spiro atoms. The summed E-state index contributed by atoms with van der Waals surface area (Å²) in [5.41, 5.74) is 1.40. The van der Waals surface area contributed by atoms with E-state index < -0.39 is 0 Å². The molecule has 2 aromatic rings. The third kappa shape index (κ3) is 6.33. The first-order valence-electron chi connectivity index (χ1n) is 8.74. The number of unbranched alkanes of at least 4 members (excludes halogenated alkanes) is 5. The molecule has 0 unspecified atom stereocenters. The summed E-state index contributed by atoms with van der Waals surface area (Å²) >= 11 is 7.74. The van der Waals surface area contributed by atoms with Gasteiger partial charge in [0.15, 0.2) is 5.78 Å². The third-order valence-electron chi connectivity index (χ3n) is 3.99. The van der Waals surface area contributed by atoms with Gasteiger partial charge in [0, 0.05) is 21.0 Å². The second kappa shape index (κ2) is 10.6. The van der Waals surface area contributed by atoms with Gasteiger partial charge in [-0.25, -0.2) is 0 Å². The van der Waals surface area contributed by atoms with Crippen molar-refractivity contribution in [3.8, 4) is 0 Å². The second-order valence-electron chi connectivity index (χ2n) is 5.98. The maximum absolute atomic E-state index is 12.4. The van der Waals surface area contributed by atoms with Crippen molar-refractivity contribution in [3.63, 3.8) is 0 Å². The number of thioether (sulfide) groups is 1. The first-order chi connectivity index (χ1) is 11.7. The molecule has 128 valence electrons. The lowest BCUT2D eigenvalue weighted by Gasteiger charge is -2.05. The summed E-state index contributed by atoms with van der Waals surface area (Å²) in [6, 6.07) is 15.0. The van der Waals surface area contributed by atoms with Crippen molar-refractivity contribution in [2.45, 2.75) is 50.3 Å². The molecule has 0 amide bonds. The third-order valence-corrected chi connectivity index (χ3v) is 5.34. The molecule has 0 aliphatic carbocycles. The van der Waals surface area contributed by atoms with E-state index in [-0.39, 0.29) is 5.78 Å². The highest BCUT2D eigenvalue weighted by Crippen LogP contribution is 2.22. The zero-order valence-corrected chi connectivity index (χ0v) is 15.8. The van der Waals surface area contributed by atoms with Crippen molar-refractivity contribution in [2.75, 3.05) is 5.75 Å². The second-order valence-corrected chi connectivity index (χ2v) is 7.58. The average Bonchev–Trinajstić information content (AvgIpc) is 2.61. The molecular formula is C21H25ClOS. The normalized spacial score (nSPS) is 10.8. The molecule has 0 heterocycles. The van der Waals surface area contributed by atoms with Crippen LogP contribution in [-0.4, -0.2) is 11.5 Å². The maximum Gasteiger partial charge on any atom is 0.193 e. The van der Waals surface area contributed by atoms with Crippen LogP contribution >= 0.6 is 23.4 Å². The number of hydrogen-bond acceptors (Lipinski definition) is 2. The van der Waals surface area contributed by atoms with Crippen molar-refractivity contribution in [1.29, 1.82) is 0 Å². The fourth-order valence-electron chi connectivity index (χ4n) is 2.54. The fourth-order valence-corrected chi connectivity index (χ4v) is 3.58. The van der Waals surface area contributed by atoms with Gasteiger partial charge in [0.1, 0.15) is 0 Å². The highest BCUT2D eigenvalue weighted by atomic mass is 35.5. The minimum atomic E-state index is 0.0409. The maximum atomic E-state index is 12.4. The van der Waals surface area contributed by atoms with Gasteiger partial charge >= 0.3 is 0 Å². The van der Waals surface area contributed by atoms with E-state index >= 15 is 0 Å². The van der Waals surface area contributed by atoms with Crippen molar-refractivity contribution in [1.82, 2.24) is 0 Å². The molecule has 0 radical (unpaired) electrons. The Balaban J connectivity index is 1.78. The number of ketones is 1. The monoisotopic (exact) mass is 360 g/mol. The number of carbonyl (C=O) groups excluding carboxylic acids is 1. The van der Waals surface area contributed by atoms with Gasteiger partial charge in [-0.05, 0) is 60.7 Å². The molecule has 2 rings (SSSR count). The predicted octanol–water partition coefficient (Wildman–Crippen LogP) is 7.02. The van der Waals surface area contributed by atoms with Crippen LogP contribution in [-0.2, 0) is 0 Å². The van der Waals surface area contributed by atoms with Crippen molar-refractivity contribution in [2.24, 2.45) is 0 Å². The van der Waals surface area contributed by atoms with Crippen LogP contribution < -0.4 is 0 Å². The lowest BCUT2D eigenvalue weighted by atomic mass is 10.0. The Kier molecular flexibility index (Phi) is 8.41. The molecule has 24 heavy (non-hydrogen) atoms. The Bertz CT molecular complexity index is 619. The molecule has 0 saturated heterocycles. The number of benzene rings is 2. The van der Waals surface area contributed by atoms with E-state index in [4.69, 9.17) is 11.6 Å². The van der Waals surface area contributed by atoms with E-state index in [1.165, 1.54) is 43.4 Å². The van der Waals surface area contributed by atoms with E-state index in [1.54, 1.807) is 24.3 Å². The molecule has 0 aliphatic heterocycles. The van der Waals surface area contributed by atoms with Crippen LogP contribution in [0.2, 0.25) is 5.02 Å². The van der Waals surface area contributed by atoms with Gasteiger partial charge in [0.2, 0.25) is 0 Å². The Morgan fingerprint density at radius 1 is 0.833 bits per heavy atom. The number of hydrogen-bond donors (Lipinski definition) is 0. The summed E-state index contributed by atoms with van der Waals surface area (Å²) in [5, 5.41) is 0.646. The van der Waals surface area contributed by atoms with E-state index in [0.717, 1.165) is 11.3 Å². The summed E-state index contributed by atoms with van der Waals surface area (Å²) in [6.45, 7) is 2.25. The van der Waals surface area contributed by atoms with E-state index in [2.05, 4.69) is 6.92 Å². The lowest BCUT2D eigenvalue weighted by molar-refractivity contribution is 0.103. The number of carbonyl (C=O) groups is 1. The van der Waals surface area contributed by atoms with E-state index in [0.29, 0.717) is 10.6 Å². The first kappa shape index (κ1) is 19.1. The molecule has 0 saturated carbocycles. The molecule has 0 aliphatic rings. The summed E-state index contributed by atoms with van der Waals surface area (Å²) < 4.78 is 0. The van der Waals surface area contributed by atoms with Crippen molar-refractivity contribution in [3.05, 3.63) is 64.7 Å². The highest BCUT2D eigenvalue weighted by Gasteiger charge is 2.08. The standard InChI is InChI=1S/C21H25ClOS/c1-2-3-4-5-6-7-16-24-20-14-10-18(11-15-20)21(23)17-8-12-19(22)13-9-17/h8-15H,2-7,16H2,1H3. The van der Waals surface area contributed by atoms with Crippen molar-refractivity contribution < 1.29 is 4.79 Å². The molecule has 2 aromatic carbocycles. The van der Waals surface area contributed by atoms with Crippen LogP contribution in [0.4, 0.5) is 0 Å². The summed E-state index contributed by atoms with van der Waals surface area (Å²) in [6.07, 6.45) is 7.96. The SMILES string of the molecule is CCCCCCCCSc1ccc(C(=O)c2ccc(Cl)cc2)cc1. The number of halogens is 1. The highest BCUT2D eigenvalue weighted by molar-refractivity contribution is 7.99. The van der Waals surface area contributed by atoms with Crippen LogP contribution in [0.5, 0.6) is 0 Å². The van der Waals surface area contributed by atoms with Gasteiger partial charge in [-0.15, -0.1) is 11.8 Å². The minimum absolute atomic E-state index is 0.0409. The molecule has 0 N–H and O–H groups in total. The Morgan fingerprint density at radius 2 is 1.38 bits per heavy atom. The zero-order chi connectivity index (χ0) is 17.2. The van der Waals surface area contributed by atoms with Crippen LogP contribution in [0.3, 0.4) is 0 Å². The number of rotatable bonds is 10. The first-order valence-corrected chi connectivity index (χ1v) is 10.1. The zero-order valence-electron chi connectivity index (χ0n) is 14.3. The van der Waals surface area contributed by atoms with Gasteiger partial charge in [-0.3, -0.25) is 4.79 Å². The molecule has 0 bridgehead atoms. The Labute approximate surface area is 154 Å². The van der Waals surface area contributed by atoms with Crippen LogP contribution in [0, 0.1) is 0 Å². The molecule has 3 heteroatoms. The van der Waals surface area contributed by atoms with Gasteiger partial charge in [0.05, 0.1) is 0 Å². The van der Waals surface area contributed by atoms with Gasteiger partial charge in [0.25, 0.3) is 0 Å². The van der Waals surface area contributed by atoms with Crippen LogP contribution in [0.25, 0.3) is 0 Å². The predicted molar refractivity (Wildman–Crippen MR) is 105 cm³/mol. The van der Waals surface area contributed by atoms with Crippen LogP contribution in [0.15, 0.2) is 53.4 Å². The summed E-state index contributed by atoms with van der Waals surface area (Å²) in [5.74, 6) is 1.19. The van der Waals surface area contributed by atoms with Gasteiger partial charge in [-0.2, -0.15) is 0 Å². The quantitative estimate of drug-likeness (QED) is 0.257. The van der Waals surface area contributed by atoms with Gasteiger partial charge in [-0.1, -0.05) is 50.6 Å². The largest absolute Gasteiger partial charge is 0.289 e. The fraction of sp³-hybridized carbons (Fsp3) is 0.381. The Hall–Kier alpha value is -1.25. The molecular weight excluding hydrogens is 336 g/mol. The Morgan fingerprint density at radius 3 is 2.00 bits per heavy atom. The van der Waals surface area contributed by atoms with Crippen molar-refractivity contribution >= 4 is 29.1 Å².